The first kappa shape index (κ1) is 28.9. The van der Waals surface area contributed by atoms with Gasteiger partial charge in [-0.05, 0) is 12.0 Å². The lowest BCUT2D eigenvalue weighted by Crippen LogP contribution is -2.58. The average molecular weight is 518 g/mol. The van der Waals surface area contributed by atoms with E-state index in [1.807, 2.05) is 0 Å². The van der Waals surface area contributed by atoms with Gasteiger partial charge in [-0.25, -0.2) is 9.78 Å². The molecule has 0 spiro atoms. The van der Waals surface area contributed by atoms with Gasteiger partial charge in [0, 0.05) is 31.2 Å². The van der Waals surface area contributed by atoms with E-state index in [1.165, 1.54) is 12.5 Å². The van der Waals surface area contributed by atoms with Crippen LogP contribution in [0.3, 0.4) is 0 Å². The number of aromatic amines is 1. The summed E-state index contributed by atoms with van der Waals surface area (Å²) < 4.78 is 0. The summed E-state index contributed by atoms with van der Waals surface area (Å²) in [6.07, 6.45) is 2.50. The van der Waals surface area contributed by atoms with Crippen molar-refractivity contribution in [1.82, 2.24) is 25.9 Å². The van der Waals surface area contributed by atoms with E-state index >= 15 is 0 Å². The third-order valence-corrected chi connectivity index (χ3v) is 5.36. The molecule has 2 aromatic rings. The first-order valence-electron chi connectivity index (χ1n) is 11.4. The molecule has 0 radical (unpaired) electrons. The van der Waals surface area contributed by atoms with Gasteiger partial charge in [-0.2, -0.15) is 0 Å². The second-order valence-corrected chi connectivity index (χ2v) is 8.29. The van der Waals surface area contributed by atoms with Gasteiger partial charge >= 0.3 is 5.97 Å². The minimum atomic E-state index is -1.47. The van der Waals surface area contributed by atoms with E-state index in [0.717, 1.165) is 0 Å². The van der Waals surface area contributed by atoms with Crippen molar-refractivity contribution in [2.24, 2.45) is 11.5 Å². The molecule has 4 unspecified atom stereocenters. The van der Waals surface area contributed by atoms with E-state index in [-0.39, 0.29) is 25.7 Å². The molecule has 10 N–H and O–H groups in total. The molecule has 0 aliphatic rings. The summed E-state index contributed by atoms with van der Waals surface area (Å²) in [4.78, 5) is 67.5. The Labute approximate surface area is 212 Å². The van der Waals surface area contributed by atoms with Crippen molar-refractivity contribution in [3.8, 4) is 0 Å². The Kier molecular flexibility index (Phi) is 11.2. The summed E-state index contributed by atoms with van der Waals surface area (Å²) >= 11 is 0. The number of nitrogens with one attached hydrogen (secondary N) is 4. The highest BCUT2D eigenvalue weighted by atomic mass is 16.4. The lowest BCUT2D eigenvalue weighted by molar-refractivity contribution is -0.142. The highest BCUT2D eigenvalue weighted by molar-refractivity contribution is 5.94. The number of aliphatic hydroxyl groups excluding tert-OH is 1. The fraction of sp³-hybridized carbons (Fsp3) is 0.391. The van der Waals surface area contributed by atoms with E-state index in [9.17, 15) is 34.2 Å². The number of rotatable bonds is 15. The largest absolute Gasteiger partial charge is 0.480 e. The molecule has 0 bridgehead atoms. The molecule has 0 saturated heterocycles. The zero-order valence-electron chi connectivity index (χ0n) is 19.9. The molecular weight excluding hydrogens is 486 g/mol. The van der Waals surface area contributed by atoms with Gasteiger partial charge in [0.2, 0.25) is 23.6 Å². The molecule has 4 atom stereocenters. The molecular formula is C23H31N7O7. The zero-order valence-corrected chi connectivity index (χ0v) is 19.9. The Morgan fingerprint density at radius 2 is 1.54 bits per heavy atom. The molecule has 2 rings (SSSR count). The van der Waals surface area contributed by atoms with Gasteiger partial charge in [-0.3, -0.25) is 19.2 Å². The number of hydrogen-bond donors (Lipinski definition) is 8. The van der Waals surface area contributed by atoms with Crippen LogP contribution in [-0.4, -0.2) is 80.6 Å². The van der Waals surface area contributed by atoms with Crippen molar-refractivity contribution in [2.75, 3.05) is 6.61 Å². The van der Waals surface area contributed by atoms with Crippen LogP contribution in [0.2, 0.25) is 0 Å². The summed E-state index contributed by atoms with van der Waals surface area (Å²) in [6.45, 7) is -0.815. The average Bonchev–Trinajstić information content (AvgIpc) is 3.38. The van der Waals surface area contributed by atoms with Crippen molar-refractivity contribution in [1.29, 1.82) is 0 Å². The predicted molar refractivity (Wildman–Crippen MR) is 129 cm³/mol. The Hall–Kier alpha value is -4.30. The minimum absolute atomic E-state index is 0.00511. The maximum absolute atomic E-state index is 13.1. The van der Waals surface area contributed by atoms with E-state index in [4.69, 9.17) is 11.5 Å². The topological polar surface area (TPSA) is 243 Å². The SMILES string of the molecule is NC(=O)CCC(N)C(=O)NC(CO)C(=O)NC(Cc1cnc[nH]1)C(=O)NC(Cc1ccccc1)C(=O)O. The Balaban J connectivity index is 2.11. The van der Waals surface area contributed by atoms with Crippen LogP contribution in [0.25, 0.3) is 0 Å². The third-order valence-electron chi connectivity index (χ3n) is 5.36. The summed E-state index contributed by atoms with van der Waals surface area (Å²) in [7, 11) is 0. The van der Waals surface area contributed by atoms with E-state index in [1.54, 1.807) is 30.3 Å². The lowest BCUT2D eigenvalue weighted by Gasteiger charge is -2.24. The van der Waals surface area contributed by atoms with Gasteiger partial charge in [0.25, 0.3) is 0 Å². The number of primary amides is 1. The molecule has 0 saturated carbocycles. The van der Waals surface area contributed by atoms with Gasteiger partial charge in [0.15, 0.2) is 0 Å². The maximum Gasteiger partial charge on any atom is 0.326 e. The number of amides is 4. The number of carbonyl (C=O) groups is 5. The van der Waals surface area contributed by atoms with Gasteiger partial charge in [0.1, 0.15) is 18.1 Å². The van der Waals surface area contributed by atoms with Crippen molar-refractivity contribution < 1.29 is 34.2 Å². The zero-order chi connectivity index (χ0) is 27.4. The van der Waals surface area contributed by atoms with Crippen LogP contribution in [0, 0.1) is 0 Å². The fourth-order valence-corrected chi connectivity index (χ4v) is 3.32. The summed E-state index contributed by atoms with van der Waals surface area (Å²) in [6, 6.07) is 3.49. The number of aliphatic hydroxyl groups is 1. The lowest BCUT2D eigenvalue weighted by atomic mass is 10.0. The highest BCUT2D eigenvalue weighted by Gasteiger charge is 2.30. The Morgan fingerprint density at radius 1 is 0.919 bits per heavy atom. The first-order valence-corrected chi connectivity index (χ1v) is 11.4. The first-order chi connectivity index (χ1) is 17.6. The number of nitrogens with two attached hydrogens (primary N) is 2. The second-order valence-electron chi connectivity index (χ2n) is 8.29. The number of aromatic nitrogens is 2. The molecule has 0 aliphatic heterocycles. The molecule has 0 aliphatic carbocycles. The molecule has 1 aromatic carbocycles. The van der Waals surface area contributed by atoms with Gasteiger partial charge < -0.3 is 42.6 Å². The summed E-state index contributed by atoms with van der Waals surface area (Å²) in [5.74, 6) is -4.44. The smallest absolute Gasteiger partial charge is 0.326 e. The van der Waals surface area contributed by atoms with Crippen molar-refractivity contribution >= 4 is 29.6 Å². The van der Waals surface area contributed by atoms with Crippen LogP contribution in [0.5, 0.6) is 0 Å². The van der Waals surface area contributed by atoms with Crippen LogP contribution >= 0.6 is 0 Å². The molecule has 0 fully saturated rings. The summed E-state index contributed by atoms with van der Waals surface area (Å²) in [5.41, 5.74) is 11.9. The van der Waals surface area contributed by atoms with E-state index < -0.39 is 60.4 Å². The molecule has 14 nitrogen and oxygen atoms in total. The molecule has 200 valence electrons. The number of carboxylic acids is 1. The minimum Gasteiger partial charge on any atom is -0.480 e. The van der Waals surface area contributed by atoms with Crippen LogP contribution in [0.15, 0.2) is 42.9 Å². The summed E-state index contributed by atoms with van der Waals surface area (Å²) in [5, 5.41) is 26.4. The number of carbonyl (C=O) groups excluding carboxylic acids is 4. The predicted octanol–water partition coefficient (Wildman–Crippen LogP) is -2.68. The van der Waals surface area contributed by atoms with Gasteiger partial charge in [0.05, 0.1) is 19.0 Å². The molecule has 14 heteroatoms. The molecule has 37 heavy (non-hydrogen) atoms. The number of benzene rings is 1. The van der Waals surface area contributed by atoms with Crippen LogP contribution in [-0.2, 0) is 36.8 Å². The molecule has 1 heterocycles. The van der Waals surface area contributed by atoms with E-state index in [0.29, 0.717) is 11.3 Å². The number of hydrogen-bond acceptors (Lipinski definition) is 8. The quantitative estimate of drug-likeness (QED) is 0.122. The number of imidazole rings is 1. The molecule has 1 aromatic heterocycles. The van der Waals surface area contributed by atoms with Crippen molar-refractivity contribution in [3.05, 3.63) is 54.1 Å². The number of nitrogens with zero attached hydrogens (tertiary/aromatic N) is 1. The standard InChI is InChI=1S/C23H31N7O7/c24-15(6-7-19(25)32)20(33)30-18(11-31)22(35)28-16(9-14-10-26-12-27-14)21(34)29-17(23(36)37)8-13-4-2-1-3-5-13/h1-5,10,12,15-18,31H,6-9,11,24H2,(H2,25,32)(H,26,27)(H,28,35)(H,29,34)(H,30,33)(H,36,37). The normalized spacial score (nSPS) is 14.0. The van der Waals surface area contributed by atoms with Gasteiger partial charge in [-0.15, -0.1) is 0 Å². The van der Waals surface area contributed by atoms with Crippen LogP contribution < -0.4 is 27.4 Å². The monoisotopic (exact) mass is 517 g/mol. The maximum atomic E-state index is 13.1. The third kappa shape index (κ3) is 9.70. The van der Waals surface area contributed by atoms with Gasteiger partial charge in [-0.1, -0.05) is 30.3 Å². The van der Waals surface area contributed by atoms with Crippen molar-refractivity contribution in [3.63, 3.8) is 0 Å². The van der Waals surface area contributed by atoms with Crippen molar-refractivity contribution in [2.45, 2.75) is 49.9 Å². The Bertz CT molecular complexity index is 1060. The second kappa shape index (κ2) is 14.3. The van der Waals surface area contributed by atoms with E-state index in [2.05, 4.69) is 25.9 Å². The van der Waals surface area contributed by atoms with Crippen LogP contribution in [0.4, 0.5) is 0 Å². The number of carboxylic acid groups (broad SMARTS) is 1. The Morgan fingerprint density at radius 3 is 2.11 bits per heavy atom. The number of aliphatic carboxylic acids is 1. The number of H-pyrrole nitrogens is 1. The highest BCUT2D eigenvalue weighted by Crippen LogP contribution is 2.06. The van der Waals surface area contributed by atoms with Crippen LogP contribution in [0.1, 0.15) is 24.1 Å². The fourth-order valence-electron chi connectivity index (χ4n) is 3.32. The molecule has 4 amide bonds.